The molecule has 4 rings (SSSR count). The lowest BCUT2D eigenvalue weighted by atomic mass is 10.2. The van der Waals surface area contributed by atoms with Gasteiger partial charge in [-0.15, -0.1) is 0 Å². The number of fused-ring (bicyclic) bond motifs is 2. The van der Waals surface area contributed by atoms with Crippen LogP contribution in [0, 0.1) is 0 Å². The highest BCUT2D eigenvalue weighted by molar-refractivity contribution is 5.76. The molecule has 0 fully saturated rings. The van der Waals surface area contributed by atoms with Crippen molar-refractivity contribution in [1.29, 1.82) is 0 Å². The number of aryl methyl sites for hydroxylation is 1. The van der Waals surface area contributed by atoms with Crippen molar-refractivity contribution in [3.05, 3.63) is 53.7 Å². The van der Waals surface area contributed by atoms with Gasteiger partial charge in [0.25, 0.3) is 0 Å². The van der Waals surface area contributed by atoms with Crippen LogP contribution in [0.5, 0.6) is 0 Å². The first kappa shape index (κ1) is 16.8. The van der Waals surface area contributed by atoms with Crippen LogP contribution in [0.2, 0.25) is 0 Å². The van der Waals surface area contributed by atoms with Crippen molar-refractivity contribution in [2.75, 3.05) is 6.54 Å². The molecule has 1 unspecified atom stereocenters. The summed E-state index contributed by atoms with van der Waals surface area (Å²) in [6.45, 7) is 3.80. The molecule has 136 valence electrons. The molecule has 0 aromatic carbocycles. The van der Waals surface area contributed by atoms with E-state index in [1.165, 1.54) is 0 Å². The maximum atomic E-state index is 12.6. The molecule has 4 heterocycles. The van der Waals surface area contributed by atoms with Crippen molar-refractivity contribution >= 4 is 11.6 Å². The highest BCUT2D eigenvalue weighted by atomic mass is 16.3. The lowest BCUT2D eigenvalue weighted by molar-refractivity contribution is -0.132. The zero-order valence-electron chi connectivity index (χ0n) is 14.9. The molecule has 1 N–H and O–H groups in total. The summed E-state index contributed by atoms with van der Waals surface area (Å²) in [7, 11) is 0. The maximum absolute atomic E-state index is 12.6. The molecule has 26 heavy (non-hydrogen) atoms. The van der Waals surface area contributed by atoms with Crippen molar-refractivity contribution in [3.8, 4) is 0 Å². The molecule has 1 aliphatic rings. The van der Waals surface area contributed by atoms with Gasteiger partial charge >= 0.3 is 0 Å². The van der Waals surface area contributed by atoms with Crippen LogP contribution in [0.3, 0.4) is 0 Å². The van der Waals surface area contributed by atoms with E-state index < -0.39 is 6.10 Å². The number of aromatic nitrogens is 4. The van der Waals surface area contributed by atoms with Gasteiger partial charge in [0.2, 0.25) is 5.91 Å². The SMILES string of the molecule is CCC(O)c1cc2n(n1)CCN(C(=O)CCc1cn3ccccc3n1)C2. The van der Waals surface area contributed by atoms with Gasteiger partial charge in [0.05, 0.1) is 36.3 Å². The normalized spacial score (nSPS) is 15.2. The number of imidazole rings is 1. The van der Waals surface area contributed by atoms with Crippen molar-refractivity contribution in [3.63, 3.8) is 0 Å². The molecule has 0 radical (unpaired) electrons. The lowest BCUT2D eigenvalue weighted by Gasteiger charge is -2.27. The number of amides is 1. The molecule has 1 amide bonds. The summed E-state index contributed by atoms with van der Waals surface area (Å²) >= 11 is 0. The highest BCUT2D eigenvalue weighted by Gasteiger charge is 2.23. The van der Waals surface area contributed by atoms with Gasteiger partial charge in [-0.2, -0.15) is 5.10 Å². The van der Waals surface area contributed by atoms with Gasteiger partial charge in [-0.3, -0.25) is 9.48 Å². The Kier molecular flexibility index (Phi) is 4.46. The predicted molar refractivity (Wildman–Crippen MR) is 96.4 cm³/mol. The van der Waals surface area contributed by atoms with E-state index in [0.29, 0.717) is 44.6 Å². The summed E-state index contributed by atoms with van der Waals surface area (Å²) in [5.41, 5.74) is 3.51. The third-order valence-electron chi connectivity index (χ3n) is 4.91. The van der Waals surface area contributed by atoms with Crippen LogP contribution in [0.4, 0.5) is 0 Å². The predicted octanol–water partition coefficient (Wildman–Crippen LogP) is 1.95. The van der Waals surface area contributed by atoms with Crippen LogP contribution >= 0.6 is 0 Å². The van der Waals surface area contributed by atoms with Gasteiger partial charge in [-0.25, -0.2) is 4.98 Å². The van der Waals surface area contributed by atoms with E-state index in [1.807, 2.05) is 57.6 Å². The molecule has 7 nitrogen and oxygen atoms in total. The first-order valence-electron chi connectivity index (χ1n) is 9.09. The zero-order chi connectivity index (χ0) is 18.1. The zero-order valence-corrected chi connectivity index (χ0v) is 14.9. The van der Waals surface area contributed by atoms with E-state index in [2.05, 4.69) is 10.1 Å². The monoisotopic (exact) mass is 353 g/mol. The first-order valence-corrected chi connectivity index (χ1v) is 9.09. The quantitative estimate of drug-likeness (QED) is 0.761. The fourth-order valence-corrected chi connectivity index (χ4v) is 3.37. The maximum Gasteiger partial charge on any atom is 0.223 e. The molecule has 0 saturated carbocycles. The molecule has 1 atom stereocenters. The van der Waals surface area contributed by atoms with Crippen LogP contribution in [0.1, 0.15) is 43.0 Å². The third kappa shape index (κ3) is 3.22. The number of nitrogens with zero attached hydrogens (tertiary/aromatic N) is 5. The fourth-order valence-electron chi connectivity index (χ4n) is 3.37. The Labute approximate surface area is 151 Å². The Morgan fingerprint density at radius 2 is 2.23 bits per heavy atom. The second-order valence-electron chi connectivity index (χ2n) is 6.72. The minimum atomic E-state index is -0.535. The summed E-state index contributed by atoms with van der Waals surface area (Å²) in [6, 6.07) is 7.79. The van der Waals surface area contributed by atoms with Crippen molar-refractivity contribution in [2.24, 2.45) is 0 Å². The topological polar surface area (TPSA) is 75.7 Å². The molecule has 3 aromatic rings. The van der Waals surface area contributed by atoms with E-state index >= 15 is 0 Å². The molecule has 0 saturated heterocycles. The van der Waals surface area contributed by atoms with Gasteiger partial charge in [0.1, 0.15) is 5.65 Å². The van der Waals surface area contributed by atoms with Crippen LogP contribution in [-0.2, 0) is 24.3 Å². The largest absolute Gasteiger partial charge is 0.387 e. The molecule has 1 aliphatic heterocycles. The molecular weight excluding hydrogens is 330 g/mol. The van der Waals surface area contributed by atoms with E-state index in [9.17, 15) is 9.90 Å². The smallest absolute Gasteiger partial charge is 0.223 e. The summed E-state index contributed by atoms with van der Waals surface area (Å²) in [4.78, 5) is 19.0. The lowest BCUT2D eigenvalue weighted by Crippen LogP contribution is -2.38. The molecule has 3 aromatic heterocycles. The third-order valence-corrected chi connectivity index (χ3v) is 4.91. The number of hydrogen-bond acceptors (Lipinski definition) is 4. The Morgan fingerprint density at radius 1 is 1.35 bits per heavy atom. The van der Waals surface area contributed by atoms with Crippen molar-refractivity contribution in [1.82, 2.24) is 24.1 Å². The Hall–Kier alpha value is -2.67. The molecule has 0 bridgehead atoms. The van der Waals surface area contributed by atoms with Gasteiger partial charge in [-0.05, 0) is 31.0 Å². The van der Waals surface area contributed by atoms with E-state index in [1.54, 1.807) is 0 Å². The molecule has 0 spiro atoms. The number of rotatable bonds is 5. The second-order valence-corrected chi connectivity index (χ2v) is 6.72. The number of pyridine rings is 1. The standard InChI is InChI=1S/C19H23N5O2/c1-2-17(25)16-11-15-13-23(9-10-24(15)21-16)19(26)7-6-14-12-22-8-4-3-5-18(22)20-14/h3-5,8,11-12,17,25H,2,6-7,9-10,13H2,1H3. The van der Waals surface area contributed by atoms with E-state index in [4.69, 9.17) is 0 Å². The Bertz CT molecular complexity index is 896. The minimum Gasteiger partial charge on any atom is -0.387 e. The second kappa shape index (κ2) is 6.92. The average Bonchev–Trinajstić information content (AvgIpc) is 3.28. The van der Waals surface area contributed by atoms with Crippen molar-refractivity contribution in [2.45, 2.75) is 45.4 Å². The minimum absolute atomic E-state index is 0.132. The average molecular weight is 353 g/mol. The van der Waals surface area contributed by atoms with Crippen LogP contribution in [-0.4, -0.2) is 41.6 Å². The van der Waals surface area contributed by atoms with Gasteiger partial charge in [0, 0.05) is 25.4 Å². The number of carbonyl (C=O) groups is 1. The Morgan fingerprint density at radius 3 is 3.04 bits per heavy atom. The highest BCUT2D eigenvalue weighted by Crippen LogP contribution is 2.20. The van der Waals surface area contributed by atoms with Crippen LogP contribution < -0.4 is 0 Å². The summed E-state index contributed by atoms with van der Waals surface area (Å²) < 4.78 is 3.87. The number of carbonyl (C=O) groups excluding carboxylic acids is 1. The summed E-state index contributed by atoms with van der Waals surface area (Å²) in [6.07, 6.45) is 5.12. The van der Waals surface area contributed by atoms with Gasteiger partial charge in [-0.1, -0.05) is 13.0 Å². The fraction of sp³-hybridized carbons (Fsp3) is 0.421. The summed E-state index contributed by atoms with van der Waals surface area (Å²) in [5, 5.41) is 14.4. The molecule has 7 heteroatoms. The number of aliphatic hydroxyl groups is 1. The number of aliphatic hydroxyl groups excluding tert-OH is 1. The van der Waals surface area contributed by atoms with Crippen molar-refractivity contribution < 1.29 is 9.90 Å². The van der Waals surface area contributed by atoms with Gasteiger partial charge in [0.15, 0.2) is 0 Å². The number of hydrogen-bond donors (Lipinski definition) is 1. The van der Waals surface area contributed by atoms with Crippen LogP contribution in [0.15, 0.2) is 36.7 Å². The van der Waals surface area contributed by atoms with E-state index in [-0.39, 0.29) is 5.91 Å². The summed E-state index contributed by atoms with van der Waals surface area (Å²) in [5.74, 6) is 0.132. The van der Waals surface area contributed by atoms with E-state index in [0.717, 1.165) is 17.0 Å². The molecule has 0 aliphatic carbocycles. The molecular formula is C19H23N5O2. The first-order chi connectivity index (χ1) is 12.6. The van der Waals surface area contributed by atoms with Crippen LogP contribution in [0.25, 0.3) is 5.65 Å². The van der Waals surface area contributed by atoms with Gasteiger partial charge < -0.3 is 14.4 Å². The Balaban J connectivity index is 1.39.